The minimum atomic E-state index is 0.422. The van der Waals surface area contributed by atoms with E-state index in [9.17, 15) is 0 Å². The molecule has 0 aliphatic carbocycles. The molecule has 3 heterocycles. The summed E-state index contributed by atoms with van der Waals surface area (Å²) in [4.78, 5) is 7.24. The fourth-order valence-corrected chi connectivity index (χ4v) is 3.76. The minimum Gasteiger partial charge on any atom is -0.351 e. The maximum Gasteiger partial charge on any atom is 0.177 e. The number of aryl methyl sites for hydroxylation is 2. The van der Waals surface area contributed by atoms with Crippen LogP contribution in [0.4, 0.5) is 5.82 Å². The van der Waals surface area contributed by atoms with Gasteiger partial charge in [0.05, 0.1) is 0 Å². The molecular formula is C22H27N5. The summed E-state index contributed by atoms with van der Waals surface area (Å²) in [5.74, 6) is 1.32. The zero-order valence-corrected chi connectivity index (χ0v) is 16.6. The Kier molecular flexibility index (Phi) is 4.79. The lowest BCUT2D eigenvalue weighted by Gasteiger charge is -2.29. The van der Waals surface area contributed by atoms with Gasteiger partial charge in [-0.3, -0.25) is 0 Å². The zero-order valence-electron chi connectivity index (χ0n) is 16.6. The van der Waals surface area contributed by atoms with Crippen LogP contribution in [-0.4, -0.2) is 41.4 Å². The highest BCUT2D eigenvalue weighted by molar-refractivity contribution is 5.98. The minimum absolute atomic E-state index is 0.422. The molecule has 0 unspecified atom stereocenters. The standard InChI is InChI=1S/C22H27N5/c1-14(2)17-7-5-6-8-18(17)20-19-13-15(3)16(4)24-21(19)22(26-25-20)27-11-9-23-10-12-27/h5-8,13-14,23H,9-12H2,1-4H3. The van der Waals surface area contributed by atoms with Gasteiger partial charge in [0.15, 0.2) is 5.82 Å². The van der Waals surface area contributed by atoms with Crippen LogP contribution < -0.4 is 10.2 Å². The van der Waals surface area contributed by atoms with E-state index in [0.29, 0.717) is 5.92 Å². The summed E-state index contributed by atoms with van der Waals surface area (Å²) in [7, 11) is 0. The summed E-state index contributed by atoms with van der Waals surface area (Å²) < 4.78 is 0. The lowest BCUT2D eigenvalue weighted by Crippen LogP contribution is -2.44. The number of nitrogens with zero attached hydrogens (tertiary/aromatic N) is 4. The number of benzene rings is 1. The van der Waals surface area contributed by atoms with E-state index in [0.717, 1.165) is 59.9 Å². The van der Waals surface area contributed by atoms with Crippen molar-refractivity contribution in [2.24, 2.45) is 0 Å². The average Bonchev–Trinajstić information content (AvgIpc) is 2.69. The quantitative estimate of drug-likeness (QED) is 0.768. The van der Waals surface area contributed by atoms with E-state index in [4.69, 9.17) is 10.1 Å². The van der Waals surface area contributed by atoms with Crippen LogP contribution in [0.3, 0.4) is 0 Å². The molecule has 1 aromatic carbocycles. The Morgan fingerprint density at radius 2 is 1.78 bits per heavy atom. The summed E-state index contributed by atoms with van der Waals surface area (Å²) in [6.45, 7) is 12.4. The highest BCUT2D eigenvalue weighted by Crippen LogP contribution is 2.35. The molecule has 1 fully saturated rings. The molecule has 3 aromatic rings. The Balaban J connectivity index is 1.97. The van der Waals surface area contributed by atoms with Crippen molar-refractivity contribution in [2.75, 3.05) is 31.1 Å². The van der Waals surface area contributed by atoms with Gasteiger partial charge >= 0.3 is 0 Å². The van der Waals surface area contributed by atoms with Crippen molar-refractivity contribution in [2.45, 2.75) is 33.6 Å². The first-order valence-corrected chi connectivity index (χ1v) is 9.76. The van der Waals surface area contributed by atoms with E-state index in [1.54, 1.807) is 0 Å². The van der Waals surface area contributed by atoms with Crippen molar-refractivity contribution in [3.05, 3.63) is 47.2 Å². The van der Waals surface area contributed by atoms with Crippen LogP contribution in [0.2, 0.25) is 0 Å². The lowest BCUT2D eigenvalue weighted by atomic mass is 9.93. The Bertz CT molecular complexity index is 974. The van der Waals surface area contributed by atoms with Crippen molar-refractivity contribution in [1.29, 1.82) is 0 Å². The van der Waals surface area contributed by atoms with E-state index in [1.807, 2.05) is 0 Å². The Hall–Kier alpha value is -2.53. The maximum absolute atomic E-state index is 4.95. The Morgan fingerprint density at radius 1 is 1.04 bits per heavy atom. The van der Waals surface area contributed by atoms with Crippen LogP contribution >= 0.6 is 0 Å². The number of hydrogen-bond acceptors (Lipinski definition) is 5. The van der Waals surface area contributed by atoms with E-state index in [2.05, 4.69) is 73.3 Å². The molecule has 0 radical (unpaired) electrons. The van der Waals surface area contributed by atoms with E-state index in [-0.39, 0.29) is 0 Å². The second-order valence-electron chi connectivity index (χ2n) is 7.64. The van der Waals surface area contributed by atoms with E-state index in [1.165, 1.54) is 11.1 Å². The van der Waals surface area contributed by atoms with Crippen LogP contribution in [-0.2, 0) is 0 Å². The van der Waals surface area contributed by atoms with Crippen LogP contribution in [0.15, 0.2) is 30.3 Å². The van der Waals surface area contributed by atoms with Gasteiger partial charge in [-0.25, -0.2) is 4.98 Å². The number of piperazine rings is 1. The molecule has 1 aliphatic heterocycles. The average molecular weight is 361 g/mol. The number of fused-ring (bicyclic) bond motifs is 1. The van der Waals surface area contributed by atoms with E-state index >= 15 is 0 Å². The molecule has 0 atom stereocenters. The maximum atomic E-state index is 4.95. The predicted molar refractivity (Wildman–Crippen MR) is 111 cm³/mol. The monoisotopic (exact) mass is 361 g/mol. The molecule has 0 saturated carbocycles. The van der Waals surface area contributed by atoms with Gasteiger partial charge in [-0.15, -0.1) is 10.2 Å². The summed E-state index contributed by atoms with van der Waals surface area (Å²) in [6, 6.07) is 10.7. The predicted octanol–water partition coefficient (Wildman–Crippen LogP) is 3.84. The third-order valence-corrected chi connectivity index (χ3v) is 5.43. The molecule has 5 nitrogen and oxygen atoms in total. The third kappa shape index (κ3) is 3.28. The topological polar surface area (TPSA) is 53.9 Å². The van der Waals surface area contributed by atoms with Crippen LogP contribution in [0.5, 0.6) is 0 Å². The fourth-order valence-electron chi connectivity index (χ4n) is 3.76. The number of anilines is 1. The second-order valence-corrected chi connectivity index (χ2v) is 7.64. The molecule has 2 aromatic heterocycles. The van der Waals surface area contributed by atoms with Gasteiger partial charge in [-0.05, 0) is 37.0 Å². The van der Waals surface area contributed by atoms with Gasteiger partial charge in [-0.1, -0.05) is 38.1 Å². The number of rotatable bonds is 3. The number of pyridine rings is 1. The molecular weight excluding hydrogens is 334 g/mol. The zero-order chi connectivity index (χ0) is 19.0. The van der Waals surface area contributed by atoms with Gasteiger partial charge in [0.1, 0.15) is 11.2 Å². The molecule has 140 valence electrons. The van der Waals surface area contributed by atoms with Crippen molar-refractivity contribution >= 4 is 16.7 Å². The first-order chi connectivity index (χ1) is 13.1. The molecule has 0 spiro atoms. The van der Waals surface area contributed by atoms with Crippen molar-refractivity contribution in [3.8, 4) is 11.3 Å². The molecule has 1 saturated heterocycles. The molecule has 5 heteroatoms. The fraction of sp³-hybridized carbons (Fsp3) is 0.409. The SMILES string of the molecule is Cc1cc2c(-c3ccccc3C(C)C)nnc(N3CCNCC3)c2nc1C. The molecule has 4 rings (SSSR count). The lowest BCUT2D eigenvalue weighted by molar-refractivity contribution is 0.584. The first kappa shape index (κ1) is 17.9. The Morgan fingerprint density at radius 3 is 2.52 bits per heavy atom. The van der Waals surface area contributed by atoms with Gasteiger partial charge < -0.3 is 10.2 Å². The number of aromatic nitrogens is 3. The van der Waals surface area contributed by atoms with E-state index < -0.39 is 0 Å². The molecule has 1 N–H and O–H groups in total. The summed E-state index contributed by atoms with van der Waals surface area (Å²) in [6.07, 6.45) is 0. The second kappa shape index (κ2) is 7.24. The summed E-state index contributed by atoms with van der Waals surface area (Å²) in [5, 5.41) is 13.9. The van der Waals surface area contributed by atoms with Gasteiger partial charge in [0.25, 0.3) is 0 Å². The molecule has 27 heavy (non-hydrogen) atoms. The number of nitrogens with one attached hydrogen (secondary N) is 1. The van der Waals surface area contributed by atoms with Gasteiger partial charge in [0.2, 0.25) is 0 Å². The largest absolute Gasteiger partial charge is 0.351 e. The highest BCUT2D eigenvalue weighted by Gasteiger charge is 2.21. The van der Waals surface area contributed by atoms with Crippen molar-refractivity contribution in [1.82, 2.24) is 20.5 Å². The summed E-state index contributed by atoms with van der Waals surface area (Å²) in [5.41, 5.74) is 6.58. The Labute approximate surface area is 160 Å². The number of hydrogen-bond donors (Lipinski definition) is 1. The van der Waals surface area contributed by atoms with Gasteiger partial charge in [-0.2, -0.15) is 0 Å². The third-order valence-electron chi connectivity index (χ3n) is 5.43. The normalized spacial score (nSPS) is 14.9. The van der Waals surface area contributed by atoms with Crippen LogP contribution in [0.25, 0.3) is 22.2 Å². The molecule has 0 bridgehead atoms. The first-order valence-electron chi connectivity index (χ1n) is 9.76. The molecule has 1 aliphatic rings. The van der Waals surface area contributed by atoms with Crippen molar-refractivity contribution < 1.29 is 0 Å². The molecule has 0 amide bonds. The van der Waals surface area contributed by atoms with Gasteiger partial charge in [0, 0.05) is 42.8 Å². The highest BCUT2D eigenvalue weighted by atomic mass is 15.3. The smallest absolute Gasteiger partial charge is 0.177 e. The van der Waals surface area contributed by atoms with Crippen LogP contribution in [0.1, 0.15) is 36.6 Å². The van der Waals surface area contributed by atoms with Crippen LogP contribution in [0, 0.1) is 13.8 Å². The van der Waals surface area contributed by atoms with Crippen molar-refractivity contribution in [3.63, 3.8) is 0 Å². The summed E-state index contributed by atoms with van der Waals surface area (Å²) >= 11 is 0.